The number of rotatable bonds is 8. The Balaban J connectivity index is 1.60. The van der Waals surface area contributed by atoms with Gasteiger partial charge in [-0.2, -0.15) is 0 Å². The zero-order chi connectivity index (χ0) is 23.4. The molecule has 4 aromatic rings. The first-order valence-electron chi connectivity index (χ1n) is 10.00. The van der Waals surface area contributed by atoms with Gasteiger partial charge in [-0.15, -0.1) is 11.3 Å². The van der Waals surface area contributed by atoms with E-state index in [0.29, 0.717) is 33.3 Å². The van der Waals surface area contributed by atoms with Crippen molar-refractivity contribution in [3.63, 3.8) is 0 Å². The maximum atomic E-state index is 14.0. The minimum absolute atomic E-state index is 0.263. The quantitative estimate of drug-likeness (QED) is 0.259. The summed E-state index contributed by atoms with van der Waals surface area (Å²) in [6.07, 6.45) is 2.42. The molecule has 0 saturated carbocycles. The van der Waals surface area contributed by atoms with E-state index in [4.69, 9.17) is 14.9 Å². The van der Waals surface area contributed by atoms with Crippen LogP contribution in [-0.4, -0.2) is 37.4 Å². The van der Waals surface area contributed by atoms with Crippen LogP contribution in [0.3, 0.4) is 0 Å². The highest BCUT2D eigenvalue weighted by Crippen LogP contribution is 2.35. The van der Waals surface area contributed by atoms with Crippen LogP contribution < -0.4 is 9.47 Å². The minimum Gasteiger partial charge on any atom is -0.493 e. The van der Waals surface area contributed by atoms with Crippen molar-refractivity contribution in [2.24, 2.45) is 10.9 Å². The maximum absolute atomic E-state index is 14.0. The van der Waals surface area contributed by atoms with Gasteiger partial charge in [0.15, 0.2) is 23.1 Å². The predicted octanol–water partition coefficient (Wildman–Crippen LogP) is 5.97. The lowest BCUT2D eigenvalue weighted by Crippen LogP contribution is -2.17. The summed E-state index contributed by atoms with van der Waals surface area (Å²) in [5, 5.41) is 10.4. The molecule has 2 aromatic carbocycles. The van der Waals surface area contributed by atoms with Gasteiger partial charge in [0.25, 0.3) is 0 Å². The van der Waals surface area contributed by atoms with E-state index in [1.165, 1.54) is 37.8 Å². The van der Waals surface area contributed by atoms with Gasteiger partial charge in [0.1, 0.15) is 5.82 Å². The van der Waals surface area contributed by atoms with Crippen LogP contribution in [-0.2, 0) is 0 Å². The summed E-state index contributed by atoms with van der Waals surface area (Å²) < 4.78 is 25.1. The van der Waals surface area contributed by atoms with Crippen LogP contribution in [0.2, 0.25) is 0 Å². The number of thiophene rings is 1. The average Bonchev–Trinajstić information content (AvgIpc) is 3.29. The standard InChI is InChI=1S/C25H20FN3O3S/c1-31-21-10-9-15(11-22(21)32-2)24(30)16(12-27)13-28-23-8-4-7-20(29-23)18-14-33-25-17(18)5-3-6-19(25)26/h3-14,16,27H,1-2H3. The summed E-state index contributed by atoms with van der Waals surface area (Å²) in [6.45, 7) is 0. The third kappa shape index (κ3) is 4.51. The molecule has 0 fully saturated rings. The van der Waals surface area contributed by atoms with Gasteiger partial charge < -0.3 is 14.9 Å². The normalized spacial score (nSPS) is 12.1. The Hall–Kier alpha value is -3.91. The highest BCUT2D eigenvalue weighted by Gasteiger charge is 2.18. The Morgan fingerprint density at radius 2 is 1.91 bits per heavy atom. The van der Waals surface area contributed by atoms with Crippen molar-refractivity contribution < 1.29 is 18.7 Å². The van der Waals surface area contributed by atoms with Crippen molar-refractivity contribution >= 4 is 45.5 Å². The van der Waals surface area contributed by atoms with Crippen LogP contribution in [0, 0.1) is 17.1 Å². The van der Waals surface area contributed by atoms with Gasteiger partial charge in [-0.3, -0.25) is 4.79 Å². The topological polar surface area (TPSA) is 84.6 Å². The maximum Gasteiger partial charge on any atom is 0.176 e. The number of fused-ring (bicyclic) bond motifs is 1. The molecule has 4 rings (SSSR count). The SMILES string of the molecule is COc1ccc(C(=O)C(C=N)C=Nc2cccc(-c3csc4c(F)cccc34)n2)cc1OC. The summed E-state index contributed by atoms with van der Waals surface area (Å²) in [4.78, 5) is 21.8. The lowest BCUT2D eigenvalue weighted by atomic mass is 9.99. The molecule has 8 heteroatoms. The molecule has 6 nitrogen and oxygen atoms in total. The first kappa shape index (κ1) is 22.3. The van der Waals surface area contributed by atoms with Gasteiger partial charge in [-0.1, -0.05) is 18.2 Å². The van der Waals surface area contributed by atoms with Crippen LogP contribution in [0.25, 0.3) is 21.3 Å². The number of hydrogen-bond donors (Lipinski definition) is 1. The number of Topliss-reactive ketones (excluding diaryl/α,β-unsaturated/α-hetero) is 1. The Morgan fingerprint density at radius 1 is 1.12 bits per heavy atom. The molecule has 0 radical (unpaired) electrons. The fourth-order valence-corrected chi connectivity index (χ4v) is 4.36. The first-order valence-corrected chi connectivity index (χ1v) is 10.9. The summed E-state index contributed by atoms with van der Waals surface area (Å²) in [7, 11) is 3.01. The van der Waals surface area contributed by atoms with Gasteiger partial charge in [0.05, 0.1) is 30.5 Å². The largest absolute Gasteiger partial charge is 0.493 e. The number of carbonyl (C=O) groups excluding carboxylic acids is 1. The molecule has 0 saturated heterocycles. The highest BCUT2D eigenvalue weighted by molar-refractivity contribution is 7.17. The van der Waals surface area contributed by atoms with Crippen molar-refractivity contribution in [2.75, 3.05) is 14.2 Å². The van der Waals surface area contributed by atoms with E-state index in [-0.39, 0.29) is 11.6 Å². The summed E-state index contributed by atoms with van der Waals surface area (Å²) in [5.74, 6) is -0.112. The highest BCUT2D eigenvalue weighted by atomic mass is 32.1. The van der Waals surface area contributed by atoms with Gasteiger partial charge in [-0.25, -0.2) is 14.4 Å². The number of ether oxygens (including phenoxy) is 2. The van der Waals surface area contributed by atoms with Crippen LogP contribution in [0.1, 0.15) is 10.4 Å². The van der Waals surface area contributed by atoms with Gasteiger partial charge in [-0.05, 0) is 36.4 Å². The van der Waals surface area contributed by atoms with Crippen LogP contribution in [0.4, 0.5) is 10.2 Å². The number of aromatic nitrogens is 1. The number of halogens is 1. The molecular formula is C25H20FN3O3S. The number of nitrogens with one attached hydrogen (secondary N) is 1. The molecule has 0 aliphatic heterocycles. The minimum atomic E-state index is -0.871. The van der Waals surface area contributed by atoms with Crippen molar-refractivity contribution in [1.82, 2.24) is 4.98 Å². The van der Waals surface area contributed by atoms with Crippen molar-refractivity contribution in [3.05, 3.63) is 71.4 Å². The molecule has 0 aliphatic carbocycles. The lowest BCUT2D eigenvalue weighted by molar-refractivity contribution is 0.0981. The number of benzene rings is 2. The second-order valence-electron chi connectivity index (χ2n) is 7.05. The molecule has 1 N–H and O–H groups in total. The third-order valence-corrected chi connectivity index (χ3v) is 6.08. The van der Waals surface area contributed by atoms with Gasteiger partial charge in [0.2, 0.25) is 0 Å². The van der Waals surface area contributed by atoms with Gasteiger partial charge >= 0.3 is 0 Å². The number of carbonyl (C=O) groups is 1. The molecule has 1 unspecified atom stereocenters. The van der Waals surface area contributed by atoms with Crippen LogP contribution >= 0.6 is 11.3 Å². The number of nitrogens with zero attached hydrogens (tertiary/aromatic N) is 2. The third-order valence-electron chi connectivity index (χ3n) is 5.08. The Morgan fingerprint density at radius 3 is 2.67 bits per heavy atom. The molecule has 0 bridgehead atoms. The summed E-state index contributed by atoms with van der Waals surface area (Å²) >= 11 is 1.32. The van der Waals surface area contributed by atoms with Crippen LogP contribution in [0.15, 0.2) is 65.0 Å². The van der Waals surface area contributed by atoms with Crippen molar-refractivity contribution in [1.29, 1.82) is 5.41 Å². The Labute approximate surface area is 193 Å². The monoisotopic (exact) mass is 461 g/mol. The zero-order valence-electron chi connectivity index (χ0n) is 17.9. The molecule has 0 aliphatic rings. The average molecular weight is 462 g/mol. The van der Waals surface area contributed by atoms with E-state index < -0.39 is 5.92 Å². The van der Waals surface area contributed by atoms with Crippen molar-refractivity contribution in [2.45, 2.75) is 0 Å². The van der Waals surface area contributed by atoms with Gasteiger partial charge in [0, 0.05) is 34.3 Å². The number of methoxy groups -OCH3 is 2. The molecule has 0 spiro atoms. The number of hydrogen-bond acceptors (Lipinski definition) is 7. The molecule has 1 atom stereocenters. The van der Waals surface area contributed by atoms with Crippen molar-refractivity contribution in [3.8, 4) is 22.8 Å². The molecule has 166 valence electrons. The molecule has 2 aromatic heterocycles. The zero-order valence-corrected chi connectivity index (χ0v) is 18.7. The summed E-state index contributed by atoms with van der Waals surface area (Å²) in [6, 6.07) is 15.1. The lowest BCUT2D eigenvalue weighted by Gasteiger charge is -2.10. The fraction of sp³-hybridized carbons (Fsp3) is 0.120. The second kappa shape index (κ2) is 9.70. The van der Waals surface area contributed by atoms with E-state index >= 15 is 0 Å². The van der Waals surface area contributed by atoms with E-state index in [9.17, 15) is 9.18 Å². The summed E-state index contributed by atoms with van der Waals surface area (Å²) in [5.41, 5.74) is 1.84. The number of ketones is 1. The Kier molecular flexibility index (Phi) is 6.55. The van der Waals surface area contributed by atoms with E-state index in [2.05, 4.69) is 9.98 Å². The predicted molar refractivity (Wildman–Crippen MR) is 129 cm³/mol. The van der Waals surface area contributed by atoms with E-state index in [0.717, 1.165) is 17.2 Å². The second-order valence-corrected chi connectivity index (χ2v) is 7.93. The smallest absolute Gasteiger partial charge is 0.176 e. The molecule has 33 heavy (non-hydrogen) atoms. The van der Waals surface area contributed by atoms with E-state index in [1.54, 1.807) is 36.4 Å². The first-order chi connectivity index (χ1) is 16.0. The molecular weight excluding hydrogens is 441 g/mol. The van der Waals surface area contributed by atoms with E-state index in [1.807, 2.05) is 17.5 Å². The number of aliphatic imine (C=N–C) groups is 1. The number of pyridine rings is 1. The molecule has 2 heterocycles. The molecule has 0 amide bonds. The Bertz CT molecular complexity index is 1370. The van der Waals surface area contributed by atoms with Crippen LogP contribution in [0.5, 0.6) is 11.5 Å². The fourth-order valence-electron chi connectivity index (χ4n) is 3.39.